The van der Waals surface area contributed by atoms with Gasteiger partial charge in [0.2, 0.25) is 0 Å². The van der Waals surface area contributed by atoms with Gasteiger partial charge in [0.05, 0.1) is 24.0 Å². The number of fused-ring (bicyclic) bond motifs is 1. The monoisotopic (exact) mass is 536 g/mol. The molecule has 0 radical (unpaired) electrons. The molecule has 0 bridgehead atoms. The van der Waals surface area contributed by atoms with Gasteiger partial charge in [0.25, 0.3) is 5.91 Å². The van der Waals surface area contributed by atoms with Crippen molar-refractivity contribution in [3.63, 3.8) is 0 Å². The third-order valence-electron chi connectivity index (χ3n) is 5.82. The lowest BCUT2D eigenvalue weighted by atomic mass is 9.86. The Balaban J connectivity index is 1.68. The number of methoxy groups -OCH3 is 1. The maximum absolute atomic E-state index is 13.4. The molecule has 0 atom stereocenters. The Morgan fingerprint density at radius 2 is 1.78 bits per heavy atom. The van der Waals surface area contributed by atoms with Gasteiger partial charge >= 0.3 is 0 Å². The highest BCUT2D eigenvalue weighted by molar-refractivity contribution is 7.99. The molecule has 0 spiro atoms. The number of anilines is 4. The molecular weight excluding hydrogens is 508 g/mol. The summed E-state index contributed by atoms with van der Waals surface area (Å²) in [5.41, 5.74) is 5.65. The number of ether oxygens (including phenoxy) is 1. The number of aryl methyl sites for hydroxylation is 1. The van der Waals surface area contributed by atoms with Crippen LogP contribution >= 0.6 is 23.5 Å². The molecule has 3 N–H and O–H groups in total. The number of carbonyl (C=O) groups excluding carboxylic acids is 1. The van der Waals surface area contributed by atoms with Crippen molar-refractivity contribution in [3.8, 4) is 5.75 Å². The van der Waals surface area contributed by atoms with Crippen molar-refractivity contribution in [2.45, 2.75) is 33.1 Å². The summed E-state index contributed by atoms with van der Waals surface area (Å²) in [6, 6.07) is 12.9. The molecule has 10 heteroatoms. The van der Waals surface area contributed by atoms with Gasteiger partial charge in [0, 0.05) is 17.5 Å². The van der Waals surface area contributed by atoms with E-state index in [1.165, 1.54) is 18.3 Å². The minimum absolute atomic E-state index is 0.126. The van der Waals surface area contributed by atoms with E-state index in [0.717, 1.165) is 22.5 Å². The van der Waals surface area contributed by atoms with E-state index < -0.39 is 0 Å². The maximum atomic E-state index is 13.4. The Morgan fingerprint density at radius 1 is 1.03 bits per heavy atom. The normalized spacial score (nSPS) is 11.3. The molecule has 0 saturated heterocycles. The van der Waals surface area contributed by atoms with Gasteiger partial charge in [-0.1, -0.05) is 50.4 Å². The first kappa shape index (κ1) is 26.5. The smallest absolute Gasteiger partial charge is 0.255 e. The fourth-order valence-electron chi connectivity index (χ4n) is 3.79. The van der Waals surface area contributed by atoms with Gasteiger partial charge in [0.15, 0.2) is 11.6 Å². The number of aromatic nitrogens is 3. The second-order valence-electron chi connectivity index (χ2n) is 9.49. The highest BCUT2D eigenvalue weighted by Gasteiger charge is 2.21. The van der Waals surface area contributed by atoms with Gasteiger partial charge < -0.3 is 20.1 Å². The number of hydrogen-bond donors (Lipinski definition) is 3. The number of hydrogen-bond acceptors (Lipinski definition) is 8. The zero-order valence-electron chi connectivity index (χ0n) is 21.6. The van der Waals surface area contributed by atoms with Crippen LogP contribution in [-0.4, -0.2) is 34.2 Å². The molecule has 2 heterocycles. The molecule has 4 aromatic rings. The molecule has 2 aromatic heterocycles. The van der Waals surface area contributed by atoms with Crippen molar-refractivity contribution >= 4 is 63.4 Å². The van der Waals surface area contributed by atoms with Crippen LogP contribution in [0, 0.1) is 6.92 Å². The van der Waals surface area contributed by atoms with Crippen LogP contribution in [0.25, 0.3) is 11.0 Å². The molecular formula is C27H29ClN6O2S. The van der Waals surface area contributed by atoms with Crippen molar-refractivity contribution in [2.24, 2.45) is 0 Å². The fourth-order valence-corrected chi connectivity index (χ4v) is 4.31. The van der Waals surface area contributed by atoms with Crippen LogP contribution in [0.1, 0.15) is 42.3 Å². The van der Waals surface area contributed by atoms with Crippen molar-refractivity contribution < 1.29 is 9.53 Å². The van der Waals surface area contributed by atoms with Gasteiger partial charge in [-0.2, -0.15) is 0 Å². The molecule has 4 rings (SSSR count). The second kappa shape index (κ2) is 10.8. The van der Waals surface area contributed by atoms with E-state index in [4.69, 9.17) is 16.3 Å². The van der Waals surface area contributed by atoms with Crippen LogP contribution in [0.3, 0.4) is 0 Å². The number of halogens is 1. The van der Waals surface area contributed by atoms with Crippen LogP contribution in [-0.2, 0) is 5.41 Å². The van der Waals surface area contributed by atoms with Gasteiger partial charge in [-0.25, -0.2) is 15.0 Å². The lowest BCUT2D eigenvalue weighted by Crippen LogP contribution is -2.16. The van der Waals surface area contributed by atoms with E-state index >= 15 is 0 Å². The van der Waals surface area contributed by atoms with Crippen LogP contribution in [0.5, 0.6) is 5.75 Å². The SMILES string of the molecule is COc1c(NSC)cc(C(C)(C)C)cc1NC(=O)c1ccc(C)c(Nc2ncnc3ccc(Cl)nc23)c1. The summed E-state index contributed by atoms with van der Waals surface area (Å²) in [7, 11) is 1.59. The Hall–Kier alpha value is -3.56. The van der Waals surface area contributed by atoms with Gasteiger partial charge in [-0.05, 0) is 59.9 Å². The van der Waals surface area contributed by atoms with Crippen molar-refractivity contribution in [2.75, 3.05) is 28.7 Å². The molecule has 2 aromatic carbocycles. The third-order valence-corrected chi connectivity index (χ3v) is 6.45. The average Bonchev–Trinajstić information content (AvgIpc) is 2.85. The Labute approximate surface area is 225 Å². The van der Waals surface area contributed by atoms with Crippen molar-refractivity contribution in [1.29, 1.82) is 0 Å². The van der Waals surface area contributed by atoms with Crippen molar-refractivity contribution in [3.05, 3.63) is 70.6 Å². The first-order chi connectivity index (χ1) is 17.6. The molecule has 1 amide bonds. The van der Waals surface area contributed by atoms with E-state index in [0.29, 0.717) is 39.0 Å². The second-order valence-corrected chi connectivity index (χ2v) is 10.5. The zero-order valence-corrected chi connectivity index (χ0v) is 23.1. The Bertz CT molecular complexity index is 1470. The lowest BCUT2D eigenvalue weighted by molar-refractivity contribution is 0.102. The minimum atomic E-state index is -0.267. The van der Waals surface area contributed by atoms with E-state index in [-0.39, 0.29) is 11.3 Å². The van der Waals surface area contributed by atoms with Gasteiger partial charge in [-0.15, -0.1) is 0 Å². The molecule has 192 valence electrons. The molecule has 0 unspecified atom stereocenters. The summed E-state index contributed by atoms with van der Waals surface area (Å²) in [5, 5.41) is 6.67. The van der Waals surface area contributed by atoms with E-state index in [1.54, 1.807) is 31.4 Å². The zero-order chi connectivity index (χ0) is 26.7. The molecule has 37 heavy (non-hydrogen) atoms. The molecule has 0 saturated carbocycles. The molecule has 0 aliphatic carbocycles. The molecule has 0 aliphatic heterocycles. The van der Waals surface area contributed by atoms with Crippen LogP contribution < -0.4 is 20.1 Å². The van der Waals surface area contributed by atoms with Gasteiger partial charge in [-0.3, -0.25) is 4.79 Å². The highest BCUT2D eigenvalue weighted by Crippen LogP contribution is 2.40. The van der Waals surface area contributed by atoms with Gasteiger partial charge in [0.1, 0.15) is 17.0 Å². The fraction of sp³-hybridized carbons (Fsp3) is 0.259. The number of nitrogens with zero attached hydrogens (tertiary/aromatic N) is 3. The summed E-state index contributed by atoms with van der Waals surface area (Å²) in [4.78, 5) is 26.4. The van der Waals surface area contributed by atoms with E-state index in [9.17, 15) is 4.79 Å². The molecule has 0 fully saturated rings. The average molecular weight is 537 g/mol. The van der Waals surface area contributed by atoms with E-state index in [1.807, 2.05) is 31.4 Å². The van der Waals surface area contributed by atoms with Crippen LogP contribution in [0.4, 0.5) is 22.9 Å². The predicted molar refractivity (Wildman–Crippen MR) is 154 cm³/mol. The van der Waals surface area contributed by atoms with Crippen LogP contribution in [0.15, 0.2) is 48.8 Å². The Morgan fingerprint density at radius 3 is 2.49 bits per heavy atom. The number of benzene rings is 2. The molecule has 8 nitrogen and oxygen atoms in total. The number of carbonyl (C=O) groups is 1. The number of rotatable bonds is 7. The standard InChI is InChI=1S/C27H29ClN6O2S/c1-15-7-8-16(11-19(15)31-25-23-18(29-14-30-25)9-10-22(28)33-23)26(35)32-20-12-17(27(2,3)4)13-21(34-37-6)24(20)36-5/h7-14,34H,1-6H3,(H,32,35)(H,29,30,31). The quantitative estimate of drug-likeness (QED) is 0.172. The highest BCUT2D eigenvalue weighted by atomic mass is 35.5. The largest absolute Gasteiger partial charge is 0.492 e. The maximum Gasteiger partial charge on any atom is 0.255 e. The number of amides is 1. The summed E-state index contributed by atoms with van der Waals surface area (Å²) < 4.78 is 8.93. The first-order valence-electron chi connectivity index (χ1n) is 11.6. The summed E-state index contributed by atoms with van der Waals surface area (Å²) in [5.74, 6) is 0.799. The summed E-state index contributed by atoms with van der Waals surface area (Å²) in [6.07, 6.45) is 3.40. The number of pyridine rings is 1. The summed E-state index contributed by atoms with van der Waals surface area (Å²) >= 11 is 7.56. The predicted octanol–water partition coefficient (Wildman–Crippen LogP) is 6.98. The Kier molecular flexibility index (Phi) is 7.75. The third kappa shape index (κ3) is 5.89. The van der Waals surface area contributed by atoms with Crippen LogP contribution in [0.2, 0.25) is 5.15 Å². The van der Waals surface area contributed by atoms with Crippen molar-refractivity contribution in [1.82, 2.24) is 15.0 Å². The lowest BCUT2D eigenvalue weighted by Gasteiger charge is -2.24. The molecule has 0 aliphatic rings. The van der Waals surface area contributed by atoms with E-state index in [2.05, 4.69) is 51.1 Å². The topological polar surface area (TPSA) is 101 Å². The number of nitrogens with one attached hydrogen (secondary N) is 3. The first-order valence-corrected chi connectivity index (χ1v) is 13.2. The summed E-state index contributed by atoms with van der Waals surface area (Å²) in [6.45, 7) is 8.32. The minimum Gasteiger partial charge on any atom is -0.492 e.